The first-order valence-corrected chi connectivity index (χ1v) is 8.07. The molecule has 1 aromatic rings. The molecule has 1 N–H and O–H groups in total. The van der Waals surface area contributed by atoms with Crippen molar-refractivity contribution in [2.75, 3.05) is 16.4 Å². The van der Waals surface area contributed by atoms with E-state index < -0.39 is 9.84 Å². The summed E-state index contributed by atoms with van der Waals surface area (Å²) >= 11 is 0. The molecule has 0 aliphatic carbocycles. The second-order valence-corrected chi connectivity index (χ2v) is 6.89. The molecule has 0 spiro atoms. The highest BCUT2D eigenvalue weighted by atomic mass is 32.2. The number of nitrogens with zero attached hydrogens (tertiary/aromatic N) is 1. The summed E-state index contributed by atoms with van der Waals surface area (Å²) in [5.41, 5.74) is 0.386. The van der Waals surface area contributed by atoms with Crippen molar-refractivity contribution in [3.63, 3.8) is 0 Å². The summed E-state index contributed by atoms with van der Waals surface area (Å²) in [6.45, 7) is 1.72. The van der Waals surface area contributed by atoms with Gasteiger partial charge in [0.1, 0.15) is 5.75 Å². The van der Waals surface area contributed by atoms with Crippen LogP contribution in [0.3, 0.4) is 0 Å². The number of hydrogen-bond acceptors (Lipinski definition) is 4. The minimum Gasteiger partial charge on any atom is -0.506 e. The number of rotatable bonds is 3. The predicted octanol–water partition coefficient (Wildman–Crippen LogP) is 1.32. The average molecular weight is 283 g/mol. The topological polar surface area (TPSA) is 74.7 Å². The lowest BCUT2D eigenvalue weighted by molar-refractivity contribution is -0.118. The molecule has 1 aromatic carbocycles. The molecule has 6 heteroatoms. The van der Waals surface area contributed by atoms with Crippen LogP contribution in [0.1, 0.15) is 19.8 Å². The maximum Gasteiger partial charge on any atom is 0.227 e. The molecule has 1 aliphatic rings. The molecule has 1 heterocycles. The fourth-order valence-electron chi connectivity index (χ4n) is 2.35. The molecule has 0 saturated carbocycles. The van der Waals surface area contributed by atoms with Gasteiger partial charge < -0.3 is 10.0 Å². The number of amides is 1. The van der Waals surface area contributed by atoms with E-state index in [1.165, 1.54) is 11.0 Å². The highest BCUT2D eigenvalue weighted by molar-refractivity contribution is 7.91. The number of anilines is 1. The van der Waals surface area contributed by atoms with E-state index in [1.54, 1.807) is 25.1 Å². The van der Waals surface area contributed by atoms with E-state index in [0.29, 0.717) is 12.1 Å². The Morgan fingerprint density at radius 3 is 2.63 bits per heavy atom. The Morgan fingerprint density at radius 2 is 2.11 bits per heavy atom. The highest BCUT2D eigenvalue weighted by Crippen LogP contribution is 2.31. The van der Waals surface area contributed by atoms with Crippen molar-refractivity contribution in [2.24, 2.45) is 0 Å². The molecule has 104 valence electrons. The van der Waals surface area contributed by atoms with E-state index >= 15 is 0 Å². The molecular weight excluding hydrogens is 266 g/mol. The summed E-state index contributed by atoms with van der Waals surface area (Å²) < 4.78 is 23.1. The predicted molar refractivity (Wildman–Crippen MR) is 72.9 cm³/mol. The smallest absolute Gasteiger partial charge is 0.227 e. The molecule has 1 fully saturated rings. The van der Waals surface area contributed by atoms with Gasteiger partial charge in [-0.2, -0.15) is 0 Å². The van der Waals surface area contributed by atoms with Crippen molar-refractivity contribution < 1.29 is 18.3 Å². The zero-order valence-electron chi connectivity index (χ0n) is 10.7. The van der Waals surface area contributed by atoms with E-state index in [9.17, 15) is 18.3 Å². The first-order valence-electron chi connectivity index (χ1n) is 6.25. The third-order valence-electron chi connectivity index (χ3n) is 3.29. The normalized spacial score (nSPS) is 21.2. The number of phenols is 1. The highest BCUT2D eigenvalue weighted by Gasteiger charge is 2.35. The zero-order chi connectivity index (χ0) is 14.0. The quantitative estimate of drug-likeness (QED) is 0.908. The molecule has 1 aliphatic heterocycles. The van der Waals surface area contributed by atoms with E-state index in [0.717, 1.165) is 0 Å². The number of benzene rings is 1. The lowest BCUT2D eigenvalue weighted by atomic mass is 10.1. The molecule has 1 atom stereocenters. The van der Waals surface area contributed by atoms with Gasteiger partial charge in [-0.3, -0.25) is 4.79 Å². The Labute approximate surface area is 112 Å². The molecule has 2 rings (SSSR count). The van der Waals surface area contributed by atoms with Crippen LogP contribution in [0.2, 0.25) is 0 Å². The van der Waals surface area contributed by atoms with Gasteiger partial charge in [-0.05, 0) is 18.6 Å². The Bertz CT molecular complexity index is 582. The maximum absolute atomic E-state index is 12.1. The Balaban J connectivity index is 2.38. The summed E-state index contributed by atoms with van der Waals surface area (Å²) in [5, 5.41) is 9.87. The maximum atomic E-state index is 12.1. The van der Waals surface area contributed by atoms with Gasteiger partial charge >= 0.3 is 0 Å². The van der Waals surface area contributed by atoms with E-state index in [2.05, 4.69) is 0 Å². The number of para-hydroxylation sites is 2. The average Bonchev–Trinajstić information content (AvgIpc) is 2.72. The van der Waals surface area contributed by atoms with Gasteiger partial charge in [-0.15, -0.1) is 0 Å². The van der Waals surface area contributed by atoms with Crippen molar-refractivity contribution in [1.29, 1.82) is 0 Å². The summed E-state index contributed by atoms with van der Waals surface area (Å²) in [4.78, 5) is 13.5. The first kappa shape index (κ1) is 13.9. The second-order valence-electron chi connectivity index (χ2n) is 4.66. The molecular formula is C13H17NO4S. The molecule has 5 nitrogen and oxygen atoms in total. The first-order chi connectivity index (χ1) is 8.94. The van der Waals surface area contributed by atoms with Crippen LogP contribution in [0.15, 0.2) is 24.3 Å². The van der Waals surface area contributed by atoms with Crippen LogP contribution in [0.25, 0.3) is 0 Å². The van der Waals surface area contributed by atoms with Gasteiger partial charge in [-0.25, -0.2) is 8.42 Å². The summed E-state index contributed by atoms with van der Waals surface area (Å²) in [6.07, 6.45) is 0.688. The SMILES string of the molecule is CCC(=O)N(c1ccccc1O)[C@@H]1CCS(=O)(=O)C1. The van der Waals surface area contributed by atoms with Crippen LogP contribution in [0.4, 0.5) is 5.69 Å². The molecule has 0 bridgehead atoms. The van der Waals surface area contributed by atoms with Gasteiger partial charge in [0.25, 0.3) is 0 Å². The van der Waals surface area contributed by atoms with Gasteiger partial charge in [-0.1, -0.05) is 19.1 Å². The van der Waals surface area contributed by atoms with Crippen LogP contribution < -0.4 is 4.90 Å². The van der Waals surface area contributed by atoms with Crippen LogP contribution >= 0.6 is 0 Å². The minimum absolute atomic E-state index is 0.00593. The van der Waals surface area contributed by atoms with Crippen LogP contribution in [-0.2, 0) is 14.6 Å². The number of sulfone groups is 1. The van der Waals surface area contributed by atoms with Crippen LogP contribution in [-0.4, -0.2) is 37.0 Å². The van der Waals surface area contributed by atoms with Gasteiger partial charge in [0.15, 0.2) is 9.84 Å². The van der Waals surface area contributed by atoms with Crippen molar-refractivity contribution in [3.8, 4) is 5.75 Å². The lowest BCUT2D eigenvalue weighted by Gasteiger charge is -2.28. The van der Waals surface area contributed by atoms with Gasteiger partial charge in [0, 0.05) is 6.42 Å². The minimum atomic E-state index is -3.08. The fraction of sp³-hybridized carbons (Fsp3) is 0.462. The van der Waals surface area contributed by atoms with E-state index in [-0.39, 0.29) is 35.6 Å². The molecule has 19 heavy (non-hydrogen) atoms. The number of carbonyl (C=O) groups is 1. The standard InChI is InChI=1S/C13H17NO4S/c1-2-13(16)14(10-7-8-19(17,18)9-10)11-5-3-4-6-12(11)15/h3-6,10,15H,2,7-9H2,1H3/t10-/m1/s1. The molecule has 1 amide bonds. The van der Waals surface area contributed by atoms with Crippen molar-refractivity contribution >= 4 is 21.4 Å². The van der Waals surface area contributed by atoms with Crippen LogP contribution in [0.5, 0.6) is 5.75 Å². The zero-order valence-corrected chi connectivity index (χ0v) is 11.6. The third kappa shape index (κ3) is 2.89. The van der Waals surface area contributed by atoms with E-state index in [1.807, 2.05) is 0 Å². The summed E-state index contributed by atoms with van der Waals surface area (Å²) in [5.74, 6) is -0.122. The van der Waals surface area contributed by atoms with Crippen LogP contribution in [0, 0.1) is 0 Å². The van der Waals surface area contributed by atoms with Gasteiger partial charge in [0.2, 0.25) is 5.91 Å². The molecule has 0 aromatic heterocycles. The Kier molecular flexibility index (Phi) is 3.80. The number of aromatic hydroxyl groups is 1. The number of hydrogen-bond donors (Lipinski definition) is 1. The molecule has 1 saturated heterocycles. The summed E-state index contributed by atoms with van der Waals surface area (Å²) in [6, 6.07) is 6.13. The second kappa shape index (κ2) is 5.21. The van der Waals surface area contributed by atoms with E-state index in [4.69, 9.17) is 0 Å². The third-order valence-corrected chi connectivity index (χ3v) is 5.04. The Hall–Kier alpha value is -1.56. The monoisotopic (exact) mass is 283 g/mol. The molecule has 0 radical (unpaired) electrons. The lowest BCUT2D eigenvalue weighted by Crippen LogP contribution is -2.41. The Morgan fingerprint density at radius 1 is 1.42 bits per heavy atom. The number of carbonyl (C=O) groups excluding carboxylic acids is 1. The van der Waals surface area contributed by atoms with Gasteiger partial charge in [0.05, 0.1) is 23.2 Å². The van der Waals surface area contributed by atoms with Crippen molar-refractivity contribution in [3.05, 3.63) is 24.3 Å². The molecule has 0 unspecified atom stereocenters. The summed E-state index contributed by atoms with van der Waals surface area (Å²) in [7, 11) is -3.08. The van der Waals surface area contributed by atoms with Crippen molar-refractivity contribution in [2.45, 2.75) is 25.8 Å². The fourth-order valence-corrected chi connectivity index (χ4v) is 4.05. The largest absolute Gasteiger partial charge is 0.506 e. The van der Waals surface area contributed by atoms with Crippen molar-refractivity contribution in [1.82, 2.24) is 0 Å². The number of phenolic OH excluding ortho intramolecular Hbond substituents is 1.